The van der Waals surface area contributed by atoms with Crippen LogP contribution in [0.5, 0.6) is 0 Å². The van der Waals surface area contributed by atoms with Gasteiger partial charge in [0.2, 0.25) is 0 Å². The Morgan fingerprint density at radius 1 is 1.33 bits per heavy atom. The van der Waals surface area contributed by atoms with Crippen LogP contribution in [0.3, 0.4) is 0 Å². The third-order valence-electron chi connectivity index (χ3n) is 2.76. The molecule has 80 valence electrons. The highest BCUT2D eigenvalue weighted by Crippen LogP contribution is 2.28. The SMILES string of the molecule is O=C(OCc1ccccc1)[C@@H]1CC[C@H]1O. The van der Waals surface area contributed by atoms with Gasteiger partial charge in [0, 0.05) is 0 Å². The summed E-state index contributed by atoms with van der Waals surface area (Å²) in [5.74, 6) is -0.577. The van der Waals surface area contributed by atoms with Crippen molar-refractivity contribution in [1.82, 2.24) is 0 Å². The monoisotopic (exact) mass is 206 g/mol. The van der Waals surface area contributed by atoms with Gasteiger partial charge in [-0.3, -0.25) is 4.79 Å². The summed E-state index contributed by atoms with van der Waals surface area (Å²) in [5.41, 5.74) is 0.972. The standard InChI is InChI=1S/C12H14O3/c13-11-7-6-10(11)12(14)15-8-9-4-2-1-3-5-9/h1-5,10-11,13H,6-8H2/t10-,11-/m1/s1. The molecule has 3 nitrogen and oxygen atoms in total. The molecule has 0 saturated heterocycles. The van der Waals surface area contributed by atoms with Crippen molar-refractivity contribution < 1.29 is 14.6 Å². The number of hydrogen-bond donors (Lipinski definition) is 1. The molecule has 3 heteroatoms. The maximum Gasteiger partial charge on any atom is 0.311 e. The lowest BCUT2D eigenvalue weighted by atomic mass is 9.82. The summed E-state index contributed by atoms with van der Waals surface area (Å²) < 4.78 is 5.10. The molecule has 1 aliphatic carbocycles. The number of rotatable bonds is 3. The van der Waals surface area contributed by atoms with Crippen molar-refractivity contribution in [2.75, 3.05) is 0 Å². The minimum absolute atomic E-state index is 0.280. The molecule has 0 amide bonds. The number of benzene rings is 1. The first-order valence-electron chi connectivity index (χ1n) is 5.16. The predicted molar refractivity (Wildman–Crippen MR) is 55.0 cm³/mol. The van der Waals surface area contributed by atoms with Crippen molar-refractivity contribution in [2.45, 2.75) is 25.6 Å². The zero-order valence-electron chi connectivity index (χ0n) is 8.43. The molecule has 15 heavy (non-hydrogen) atoms. The van der Waals surface area contributed by atoms with Gasteiger partial charge in [-0.15, -0.1) is 0 Å². The van der Waals surface area contributed by atoms with Crippen molar-refractivity contribution >= 4 is 5.97 Å². The molecule has 0 unspecified atom stereocenters. The van der Waals surface area contributed by atoms with Crippen molar-refractivity contribution in [2.24, 2.45) is 5.92 Å². The molecule has 0 bridgehead atoms. The lowest BCUT2D eigenvalue weighted by Crippen LogP contribution is -2.38. The van der Waals surface area contributed by atoms with E-state index >= 15 is 0 Å². The fourth-order valence-corrected chi connectivity index (χ4v) is 1.59. The second-order valence-corrected chi connectivity index (χ2v) is 3.84. The highest BCUT2D eigenvalue weighted by atomic mass is 16.5. The van der Waals surface area contributed by atoms with Crippen LogP contribution in [-0.4, -0.2) is 17.2 Å². The molecule has 1 saturated carbocycles. The van der Waals surface area contributed by atoms with E-state index in [1.54, 1.807) is 0 Å². The number of aliphatic hydroxyl groups excluding tert-OH is 1. The Morgan fingerprint density at radius 2 is 2.07 bits per heavy atom. The van der Waals surface area contributed by atoms with Crippen molar-refractivity contribution in [3.05, 3.63) is 35.9 Å². The number of aliphatic hydroxyl groups is 1. The molecule has 0 heterocycles. The normalized spacial score (nSPS) is 24.3. The second-order valence-electron chi connectivity index (χ2n) is 3.84. The number of carbonyl (C=O) groups is 1. The minimum Gasteiger partial charge on any atom is -0.461 e. The molecule has 0 spiro atoms. The fourth-order valence-electron chi connectivity index (χ4n) is 1.59. The molecule has 1 aromatic carbocycles. The van der Waals surface area contributed by atoms with E-state index < -0.39 is 6.10 Å². The predicted octanol–water partition coefficient (Wildman–Crippen LogP) is 1.50. The second kappa shape index (κ2) is 4.45. The Kier molecular flexibility index (Phi) is 3.02. The van der Waals surface area contributed by atoms with Crippen LogP contribution in [0, 0.1) is 5.92 Å². The number of esters is 1. The molecule has 1 aromatic rings. The Morgan fingerprint density at radius 3 is 2.60 bits per heavy atom. The van der Waals surface area contributed by atoms with Crippen LogP contribution in [0.15, 0.2) is 30.3 Å². The van der Waals surface area contributed by atoms with E-state index in [4.69, 9.17) is 4.74 Å². The van der Waals surface area contributed by atoms with Crippen molar-refractivity contribution in [3.8, 4) is 0 Å². The van der Waals surface area contributed by atoms with Crippen LogP contribution < -0.4 is 0 Å². The van der Waals surface area contributed by atoms with Gasteiger partial charge in [0.1, 0.15) is 6.61 Å². The van der Waals surface area contributed by atoms with Crippen LogP contribution in [0.25, 0.3) is 0 Å². The van der Waals surface area contributed by atoms with E-state index in [1.165, 1.54) is 0 Å². The summed E-state index contributed by atoms with van der Waals surface area (Å²) >= 11 is 0. The number of hydrogen-bond acceptors (Lipinski definition) is 3. The molecular formula is C12H14O3. The molecule has 1 aliphatic rings. The van der Waals surface area contributed by atoms with Gasteiger partial charge in [0.25, 0.3) is 0 Å². The lowest BCUT2D eigenvalue weighted by Gasteiger charge is -2.29. The molecule has 0 aromatic heterocycles. The zero-order valence-corrected chi connectivity index (χ0v) is 8.43. The molecule has 1 fully saturated rings. The summed E-state index contributed by atoms with van der Waals surface area (Å²) in [6.45, 7) is 0.295. The maximum absolute atomic E-state index is 11.4. The third kappa shape index (κ3) is 2.36. The lowest BCUT2D eigenvalue weighted by molar-refractivity contribution is -0.159. The van der Waals surface area contributed by atoms with Gasteiger partial charge in [-0.25, -0.2) is 0 Å². The largest absolute Gasteiger partial charge is 0.461 e. The Bertz CT molecular complexity index is 334. The average Bonchev–Trinajstić information content (AvgIpc) is 2.26. The van der Waals surface area contributed by atoms with Gasteiger partial charge < -0.3 is 9.84 Å². The molecular weight excluding hydrogens is 192 g/mol. The number of carbonyl (C=O) groups excluding carboxylic acids is 1. The van der Waals surface area contributed by atoms with Crippen LogP contribution >= 0.6 is 0 Å². The Labute approximate surface area is 88.7 Å². The summed E-state index contributed by atoms with van der Waals surface area (Å²) in [6, 6.07) is 9.54. The quantitative estimate of drug-likeness (QED) is 0.762. The Hall–Kier alpha value is -1.35. The van der Waals surface area contributed by atoms with E-state index in [2.05, 4.69) is 0 Å². The fraction of sp³-hybridized carbons (Fsp3) is 0.417. The van der Waals surface area contributed by atoms with E-state index in [-0.39, 0.29) is 11.9 Å². The van der Waals surface area contributed by atoms with Crippen LogP contribution in [-0.2, 0) is 16.1 Å². The smallest absolute Gasteiger partial charge is 0.311 e. The Balaban J connectivity index is 1.81. The van der Waals surface area contributed by atoms with Crippen LogP contribution in [0.1, 0.15) is 18.4 Å². The molecule has 2 atom stereocenters. The van der Waals surface area contributed by atoms with Gasteiger partial charge in [0.05, 0.1) is 12.0 Å². The molecule has 0 radical (unpaired) electrons. The topological polar surface area (TPSA) is 46.5 Å². The van der Waals surface area contributed by atoms with Crippen LogP contribution in [0.2, 0.25) is 0 Å². The number of ether oxygens (including phenoxy) is 1. The van der Waals surface area contributed by atoms with E-state index in [0.717, 1.165) is 12.0 Å². The first-order valence-corrected chi connectivity index (χ1v) is 5.16. The summed E-state index contributed by atoms with van der Waals surface area (Å²) in [6.07, 6.45) is 0.966. The van der Waals surface area contributed by atoms with Gasteiger partial charge >= 0.3 is 5.97 Å². The third-order valence-corrected chi connectivity index (χ3v) is 2.76. The summed E-state index contributed by atoms with van der Waals surface area (Å²) in [5, 5.41) is 9.27. The van der Waals surface area contributed by atoms with Gasteiger partial charge in [0.15, 0.2) is 0 Å². The van der Waals surface area contributed by atoms with Crippen molar-refractivity contribution in [3.63, 3.8) is 0 Å². The zero-order chi connectivity index (χ0) is 10.7. The van der Waals surface area contributed by atoms with E-state index in [1.807, 2.05) is 30.3 Å². The summed E-state index contributed by atoms with van der Waals surface area (Å²) in [7, 11) is 0. The van der Waals surface area contributed by atoms with E-state index in [9.17, 15) is 9.90 Å². The highest BCUT2D eigenvalue weighted by molar-refractivity contribution is 5.74. The summed E-state index contributed by atoms with van der Waals surface area (Å²) in [4.78, 5) is 11.4. The first kappa shape index (κ1) is 10.2. The van der Waals surface area contributed by atoms with Crippen molar-refractivity contribution in [1.29, 1.82) is 0 Å². The first-order chi connectivity index (χ1) is 7.27. The van der Waals surface area contributed by atoms with Gasteiger partial charge in [-0.2, -0.15) is 0 Å². The van der Waals surface area contributed by atoms with Gasteiger partial charge in [-0.1, -0.05) is 30.3 Å². The van der Waals surface area contributed by atoms with Crippen LogP contribution in [0.4, 0.5) is 0 Å². The highest BCUT2D eigenvalue weighted by Gasteiger charge is 2.36. The maximum atomic E-state index is 11.4. The van der Waals surface area contributed by atoms with Gasteiger partial charge in [-0.05, 0) is 18.4 Å². The minimum atomic E-state index is -0.492. The molecule has 2 rings (SSSR count). The molecule has 0 aliphatic heterocycles. The molecule has 1 N–H and O–H groups in total. The van der Waals surface area contributed by atoms with E-state index in [0.29, 0.717) is 13.0 Å². The average molecular weight is 206 g/mol.